The first-order valence-corrected chi connectivity index (χ1v) is 5.03. The Hall–Kier alpha value is -1.68. The van der Waals surface area contributed by atoms with Crippen molar-refractivity contribution >= 4 is 0 Å². The van der Waals surface area contributed by atoms with Crippen LogP contribution in [-0.2, 0) is 13.0 Å². The molecule has 15 heavy (non-hydrogen) atoms. The summed E-state index contributed by atoms with van der Waals surface area (Å²) in [7, 11) is 0. The minimum atomic E-state index is 0.826. The number of nitrogens with one attached hydrogen (secondary N) is 2. The zero-order valence-corrected chi connectivity index (χ0v) is 8.48. The largest absolute Gasteiger partial charge is 0.347 e. The number of H-pyrrole nitrogens is 1. The SMILES string of the molecule is c1ccc(CCNCc2cnc[nH]2)nc1. The van der Waals surface area contributed by atoms with Gasteiger partial charge in [0.2, 0.25) is 0 Å². The molecule has 78 valence electrons. The first-order chi connectivity index (χ1) is 7.45. The lowest BCUT2D eigenvalue weighted by molar-refractivity contribution is 0.671. The topological polar surface area (TPSA) is 53.6 Å². The molecular formula is C11H14N4. The summed E-state index contributed by atoms with van der Waals surface area (Å²) in [5.41, 5.74) is 2.23. The Balaban J connectivity index is 1.68. The summed E-state index contributed by atoms with van der Waals surface area (Å²) in [5, 5.41) is 3.33. The quantitative estimate of drug-likeness (QED) is 0.715. The summed E-state index contributed by atoms with van der Waals surface area (Å²) < 4.78 is 0. The summed E-state index contributed by atoms with van der Waals surface area (Å²) >= 11 is 0. The molecule has 2 rings (SSSR count). The number of aromatic nitrogens is 3. The molecule has 0 bridgehead atoms. The lowest BCUT2D eigenvalue weighted by atomic mass is 10.3. The number of imidazole rings is 1. The molecule has 4 nitrogen and oxygen atoms in total. The molecule has 0 unspecified atom stereocenters. The van der Waals surface area contributed by atoms with Gasteiger partial charge in [-0.2, -0.15) is 0 Å². The van der Waals surface area contributed by atoms with E-state index in [4.69, 9.17) is 0 Å². The predicted octanol–water partition coefficient (Wildman–Crippen LogP) is 1.14. The van der Waals surface area contributed by atoms with Gasteiger partial charge in [0.1, 0.15) is 0 Å². The van der Waals surface area contributed by atoms with Crippen molar-refractivity contribution in [2.45, 2.75) is 13.0 Å². The number of nitrogens with zero attached hydrogens (tertiary/aromatic N) is 2. The smallest absolute Gasteiger partial charge is 0.0922 e. The Labute approximate surface area is 88.8 Å². The van der Waals surface area contributed by atoms with Gasteiger partial charge in [-0.05, 0) is 12.1 Å². The summed E-state index contributed by atoms with van der Waals surface area (Å²) in [4.78, 5) is 11.3. The van der Waals surface area contributed by atoms with E-state index in [1.54, 1.807) is 6.33 Å². The molecule has 0 saturated heterocycles. The minimum Gasteiger partial charge on any atom is -0.347 e. The molecule has 0 amide bonds. The van der Waals surface area contributed by atoms with Crippen molar-refractivity contribution in [3.8, 4) is 0 Å². The zero-order chi connectivity index (χ0) is 10.3. The van der Waals surface area contributed by atoms with Gasteiger partial charge in [-0.15, -0.1) is 0 Å². The van der Waals surface area contributed by atoms with E-state index >= 15 is 0 Å². The van der Waals surface area contributed by atoms with Gasteiger partial charge in [-0.25, -0.2) is 4.98 Å². The molecule has 0 atom stereocenters. The lowest BCUT2D eigenvalue weighted by Crippen LogP contribution is -2.17. The molecule has 0 aliphatic carbocycles. The number of hydrogen-bond donors (Lipinski definition) is 2. The maximum Gasteiger partial charge on any atom is 0.0922 e. The molecule has 2 heterocycles. The summed E-state index contributed by atoms with van der Waals surface area (Å²) in [6.45, 7) is 1.75. The molecule has 0 aliphatic heterocycles. The van der Waals surface area contributed by atoms with E-state index in [0.29, 0.717) is 0 Å². The average Bonchev–Trinajstić information content (AvgIpc) is 2.79. The van der Waals surface area contributed by atoms with Gasteiger partial charge in [0, 0.05) is 43.3 Å². The molecule has 4 heteroatoms. The highest BCUT2D eigenvalue weighted by Crippen LogP contribution is 1.94. The highest BCUT2D eigenvalue weighted by molar-refractivity contribution is 5.03. The van der Waals surface area contributed by atoms with Gasteiger partial charge in [0.15, 0.2) is 0 Å². The standard InChI is InChI=1S/C11H14N4/c1-2-5-14-10(3-1)4-6-12-7-11-8-13-9-15-11/h1-3,5,8-9,12H,4,6-7H2,(H,13,15). The van der Waals surface area contributed by atoms with Crippen LogP contribution in [0.3, 0.4) is 0 Å². The van der Waals surface area contributed by atoms with E-state index in [9.17, 15) is 0 Å². The molecule has 0 aliphatic rings. The van der Waals surface area contributed by atoms with Gasteiger partial charge < -0.3 is 10.3 Å². The molecule has 0 saturated carbocycles. The van der Waals surface area contributed by atoms with Crippen LogP contribution in [0.25, 0.3) is 0 Å². The molecule has 0 aromatic carbocycles. The van der Waals surface area contributed by atoms with Crippen LogP contribution in [0.5, 0.6) is 0 Å². The third kappa shape index (κ3) is 3.18. The van der Waals surface area contributed by atoms with Gasteiger partial charge in [0.05, 0.1) is 6.33 Å². The van der Waals surface area contributed by atoms with Crippen molar-refractivity contribution in [1.82, 2.24) is 20.3 Å². The predicted molar refractivity (Wildman–Crippen MR) is 58.2 cm³/mol. The molecule has 2 aromatic rings. The van der Waals surface area contributed by atoms with Crippen molar-refractivity contribution in [2.24, 2.45) is 0 Å². The molecule has 0 radical (unpaired) electrons. The van der Waals surface area contributed by atoms with Gasteiger partial charge in [0.25, 0.3) is 0 Å². The fourth-order valence-corrected chi connectivity index (χ4v) is 1.37. The fourth-order valence-electron chi connectivity index (χ4n) is 1.37. The fraction of sp³-hybridized carbons (Fsp3) is 0.273. The monoisotopic (exact) mass is 202 g/mol. The van der Waals surface area contributed by atoms with Crippen molar-refractivity contribution in [3.63, 3.8) is 0 Å². The highest BCUT2D eigenvalue weighted by atomic mass is 14.9. The molecule has 0 fully saturated rings. The van der Waals surface area contributed by atoms with E-state index in [1.807, 2.05) is 30.6 Å². The number of pyridine rings is 1. The van der Waals surface area contributed by atoms with Crippen LogP contribution in [0.2, 0.25) is 0 Å². The first kappa shape index (κ1) is 9.86. The zero-order valence-electron chi connectivity index (χ0n) is 8.48. The minimum absolute atomic E-state index is 0.826. The van der Waals surface area contributed by atoms with Crippen molar-refractivity contribution in [3.05, 3.63) is 48.3 Å². The van der Waals surface area contributed by atoms with Crippen LogP contribution in [-0.4, -0.2) is 21.5 Å². The second-order valence-corrected chi connectivity index (χ2v) is 3.32. The van der Waals surface area contributed by atoms with Gasteiger partial charge in [-0.3, -0.25) is 4.98 Å². The van der Waals surface area contributed by atoms with Crippen molar-refractivity contribution < 1.29 is 0 Å². The Bertz CT molecular complexity index is 369. The van der Waals surface area contributed by atoms with Crippen LogP contribution in [0.4, 0.5) is 0 Å². The van der Waals surface area contributed by atoms with Crippen LogP contribution >= 0.6 is 0 Å². The Morgan fingerprint density at radius 2 is 2.33 bits per heavy atom. The molecular weight excluding hydrogens is 188 g/mol. The maximum absolute atomic E-state index is 4.25. The highest BCUT2D eigenvalue weighted by Gasteiger charge is 1.94. The Morgan fingerprint density at radius 3 is 3.07 bits per heavy atom. The number of aromatic amines is 1. The second kappa shape index (κ2) is 5.26. The van der Waals surface area contributed by atoms with Crippen LogP contribution < -0.4 is 5.32 Å². The Kier molecular flexibility index (Phi) is 3.46. The average molecular weight is 202 g/mol. The maximum atomic E-state index is 4.25. The third-order valence-electron chi connectivity index (χ3n) is 2.15. The second-order valence-electron chi connectivity index (χ2n) is 3.32. The lowest BCUT2D eigenvalue weighted by Gasteiger charge is -2.02. The van der Waals surface area contributed by atoms with Crippen LogP contribution in [0, 0.1) is 0 Å². The van der Waals surface area contributed by atoms with Gasteiger partial charge in [-0.1, -0.05) is 6.07 Å². The van der Waals surface area contributed by atoms with E-state index in [1.165, 1.54) is 0 Å². The van der Waals surface area contributed by atoms with Crippen molar-refractivity contribution in [2.75, 3.05) is 6.54 Å². The number of hydrogen-bond acceptors (Lipinski definition) is 3. The molecule has 0 spiro atoms. The van der Waals surface area contributed by atoms with E-state index in [-0.39, 0.29) is 0 Å². The first-order valence-electron chi connectivity index (χ1n) is 5.03. The van der Waals surface area contributed by atoms with Crippen LogP contribution in [0.15, 0.2) is 36.9 Å². The van der Waals surface area contributed by atoms with E-state index < -0.39 is 0 Å². The summed E-state index contributed by atoms with van der Waals surface area (Å²) in [6.07, 6.45) is 6.29. The van der Waals surface area contributed by atoms with E-state index in [0.717, 1.165) is 30.9 Å². The normalized spacial score (nSPS) is 10.4. The van der Waals surface area contributed by atoms with Crippen molar-refractivity contribution in [1.29, 1.82) is 0 Å². The molecule has 2 N–H and O–H groups in total. The Morgan fingerprint density at radius 1 is 1.33 bits per heavy atom. The summed E-state index contributed by atoms with van der Waals surface area (Å²) in [5.74, 6) is 0. The number of rotatable bonds is 5. The summed E-state index contributed by atoms with van der Waals surface area (Å²) in [6, 6.07) is 5.98. The molecule has 2 aromatic heterocycles. The van der Waals surface area contributed by atoms with Crippen LogP contribution in [0.1, 0.15) is 11.4 Å². The third-order valence-corrected chi connectivity index (χ3v) is 2.15. The van der Waals surface area contributed by atoms with E-state index in [2.05, 4.69) is 20.3 Å². The van der Waals surface area contributed by atoms with Gasteiger partial charge >= 0.3 is 0 Å².